The van der Waals surface area contributed by atoms with Gasteiger partial charge in [-0.25, -0.2) is 15.0 Å². The molecule has 8 heteroatoms. The number of rotatable bonds is 3. The number of aryl methyl sites for hydroxylation is 1. The quantitative estimate of drug-likeness (QED) is 0.336. The summed E-state index contributed by atoms with van der Waals surface area (Å²) in [5.41, 5.74) is 5.83. The largest absolute Gasteiger partial charge is 0.357 e. The van der Waals surface area contributed by atoms with E-state index in [1.807, 2.05) is 13.1 Å². The van der Waals surface area contributed by atoms with Crippen molar-refractivity contribution in [2.24, 2.45) is 0 Å². The summed E-state index contributed by atoms with van der Waals surface area (Å²) in [7, 11) is 0. The highest BCUT2D eigenvalue weighted by Crippen LogP contribution is 2.34. The van der Waals surface area contributed by atoms with Crippen molar-refractivity contribution < 1.29 is 0 Å². The van der Waals surface area contributed by atoms with Gasteiger partial charge < -0.3 is 15.5 Å². The lowest BCUT2D eigenvalue weighted by Gasteiger charge is -2.28. The Morgan fingerprint density at radius 3 is 2.74 bits per heavy atom. The number of fused-ring (bicyclic) bond motifs is 3. The second kappa shape index (κ2) is 8.66. The van der Waals surface area contributed by atoms with Crippen LogP contribution < -0.4 is 15.5 Å². The molecule has 2 N–H and O–H groups in total. The van der Waals surface area contributed by atoms with Crippen LogP contribution in [-0.2, 0) is 6.42 Å². The Balaban J connectivity index is 1.45. The lowest BCUT2D eigenvalue weighted by atomic mass is 10.1. The summed E-state index contributed by atoms with van der Waals surface area (Å²) in [6.45, 7) is 4.20. The monoisotopic (exact) mass is 542 g/mol. The van der Waals surface area contributed by atoms with Crippen LogP contribution in [0.1, 0.15) is 30.5 Å². The van der Waals surface area contributed by atoms with Gasteiger partial charge in [-0.05, 0) is 79.1 Å². The molecular weight excluding hydrogens is 519 g/mol. The van der Waals surface area contributed by atoms with Crippen molar-refractivity contribution >= 4 is 62.9 Å². The van der Waals surface area contributed by atoms with E-state index in [9.17, 15) is 0 Å². The molecule has 0 aliphatic carbocycles. The molecule has 6 nitrogen and oxygen atoms in total. The second-order valence-electron chi connectivity index (χ2n) is 7.96. The van der Waals surface area contributed by atoms with E-state index < -0.39 is 0 Å². The molecule has 2 aromatic heterocycles. The van der Waals surface area contributed by atoms with E-state index in [0.717, 1.165) is 61.4 Å². The summed E-state index contributed by atoms with van der Waals surface area (Å²) in [4.78, 5) is 17.4. The maximum absolute atomic E-state index is 5.51. The van der Waals surface area contributed by atoms with Crippen LogP contribution in [0.4, 0.5) is 23.1 Å². The molecule has 0 unspecified atom stereocenters. The van der Waals surface area contributed by atoms with Crippen LogP contribution in [0.15, 0.2) is 36.5 Å². The van der Waals surface area contributed by atoms with Gasteiger partial charge in [0.1, 0.15) is 5.82 Å². The molecule has 1 fully saturated rings. The predicted octanol–water partition coefficient (Wildman–Crippen LogP) is 5.48. The summed E-state index contributed by atoms with van der Waals surface area (Å²) in [6.07, 6.45) is 6.29. The predicted molar refractivity (Wildman–Crippen MR) is 138 cm³/mol. The third kappa shape index (κ3) is 4.36. The zero-order chi connectivity index (χ0) is 21.4. The highest BCUT2D eigenvalue weighted by Gasteiger charge is 2.20. The van der Waals surface area contributed by atoms with Crippen LogP contribution in [0.5, 0.6) is 0 Å². The van der Waals surface area contributed by atoms with Gasteiger partial charge in [0.15, 0.2) is 0 Å². The molecular formula is C23H23IN6S. The number of nitrogens with one attached hydrogen (secondary N) is 2. The van der Waals surface area contributed by atoms with Gasteiger partial charge in [0, 0.05) is 46.1 Å². The lowest BCUT2D eigenvalue weighted by molar-refractivity contribution is 0.573. The Morgan fingerprint density at radius 1 is 1.10 bits per heavy atom. The average molecular weight is 542 g/mol. The van der Waals surface area contributed by atoms with E-state index >= 15 is 0 Å². The maximum Gasteiger partial charge on any atom is 0.227 e. The summed E-state index contributed by atoms with van der Waals surface area (Å²) >= 11 is 7.82. The molecule has 158 valence electrons. The summed E-state index contributed by atoms with van der Waals surface area (Å²) in [5, 5.41) is 6.72. The van der Waals surface area contributed by atoms with Gasteiger partial charge in [-0.2, -0.15) is 0 Å². The van der Waals surface area contributed by atoms with Crippen molar-refractivity contribution in [3.8, 4) is 11.3 Å². The fourth-order valence-corrected chi connectivity index (χ4v) is 4.88. The van der Waals surface area contributed by atoms with Crippen molar-refractivity contribution in [2.45, 2.75) is 32.6 Å². The molecule has 2 aliphatic heterocycles. The number of hydrogen-bond acceptors (Lipinski definition) is 6. The smallest absolute Gasteiger partial charge is 0.227 e. The van der Waals surface area contributed by atoms with E-state index in [-0.39, 0.29) is 0 Å². The first-order chi connectivity index (χ1) is 15.1. The first-order valence-electron chi connectivity index (χ1n) is 10.5. The number of hydrogen-bond donors (Lipinski definition) is 2. The molecule has 0 radical (unpaired) electrons. The van der Waals surface area contributed by atoms with Crippen LogP contribution in [-0.4, -0.2) is 33.0 Å². The molecule has 1 aromatic carbocycles. The fourth-order valence-electron chi connectivity index (χ4n) is 4.12. The topological polar surface area (TPSA) is 66.0 Å². The molecule has 0 amide bonds. The van der Waals surface area contributed by atoms with Gasteiger partial charge in [0.25, 0.3) is 0 Å². The van der Waals surface area contributed by atoms with Crippen molar-refractivity contribution in [1.29, 1.82) is 0 Å². The third-order valence-electron chi connectivity index (χ3n) is 5.72. The summed E-state index contributed by atoms with van der Waals surface area (Å²) in [6, 6.07) is 10.4. The highest BCUT2D eigenvalue weighted by molar-refractivity contribution is 14.1. The fraction of sp³-hybridized carbons (Fsp3) is 0.304. The van der Waals surface area contributed by atoms with E-state index in [4.69, 9.17) is 22.2 Å². The van der Waals surface area contributed by atoms with E-state index in [2.05, 4.69) is 73.4 Å². The normalized spacial score (nSPS) is 15.5. The van der Waals surface area contributed by atoms with Crippen LogP contribution in [0, 0.1) is 10.5 Å². The van der Waals surface area contributed by atoms with Crippen LogP contribution >= 0.6 is 34.8 Å². The van der Waals surface area contributed by atoms with Crippen molar-refractivity contribution in [3.05, 3.63) is 51.4 Å². The number of aromatic nitrogens is 3. The lowest BCUT2D eigenvalue weighted by Crippen LogP contribution is -2.30. The number of nitrogens with zero attached hydrogens (tertiary/aromatic N) is 4. The van der Waals surface area contributed by atoms with Gasteiger partial charge >= 0.3 is 0 Å². The Bertz CT molecular complexity index is 1160. The number of piperidine rings is 1. The van der Waals surface area contributed by atoms with Crippen molar-refractivity contribution in [2.75, 3.05) is 28.6 Å². The van der Waals surface area contributed by atoms with Crippen LogP contribution in [0.3, 0.4) is 0 Å². The minimum absolute atomic E-state index is 0.562. The molecule has 5 rings (SSSR count). The molecule has 0 atom stereocenters. The molecule has 3 aromatic rings. The second-order valence-corrected chi connectivity index (χ2v) is 9.70. The van der Waals surface area contributed by atoms with Crippen LogP contribution in [0.2, 0.25) is 0 Å². The number of halogens is 1. The Kier molecular flexibility index (Phi) is 5.75. The molecule has 2 aliphatic rings. The SMILES string of the molecule is Cc1nc(N2CCCCC2)ccc1Nc1ncc2c(n1)-c1ccc(I)cc1NC(=S)C2. The summed E-state index contributed by atoms with van der Waals surface area (Å²) < 4.78 is 1.15. The number of pyridine rings is 1. The van der Waals surface area contributed by atoms with Gasteiger partial charge in [-0.15, -0.1) is 0 Å². The minimum Gasteiger partial charge on any atom is -0.357 e. The zero-order valence-electron chi connectivity index (χ0n) is 17.3. The summed E-state index contributed by atoms with van der Waals surface area (Å²) in [5.74, 6) is 1.61. The maximum atomic E-state index is 5.51. The van der Waals surface area contributed by atoms with Crippen molar-refractivity contribution in [3.63, 3.8) is 0 Å². The molecule has 0 saturated carbocycles. The number of thiocarbonyl (C=S) groups is 1. The van der Waals surface area contributed by atoms with E-state index in [1.54, 1.807) is 0 Å². The van der Waals surface area contributed by atoms with Gasteiger partial charge in [0.05, 0.1) is 22.1 Å². The number of benzene rings is 1. The van der Waals surface area contributed by atoms with E-state index in [0.29, 0.717) is 12.4 Å². The van der Waals surface area contributed by atoms with E-state index in [1.165, 1.54) is 19.3 Å². The highest BCUT2D eigenvalue weighted by atomic mass is 127. The Hall–Kier alpha value is -2.33. The first kappa shape index (κ1) is 20.6. The minimum atomic E-state index is 0.562. The third-order valence-corrected chi connectivity index (χ3v) is 6.64. The molecule has 0 spiro atoms. The van der Waals surface area contributed by atoms with Gasteiger partial charge in [-0.3, -0.25) is 0 Å². The molecule has 1 saturated heterocycles. The number of anilines is 4. The van der Waals surface area contributed by atoms with Gasteiger partial charge in [-0.1, -0.05) is 12.2 Å². The molecule has 31 heavy (non-hydrogen) atoms. The zero-order valence-corrected chi connectivity index (χ0v) is 20.3. The Labute approximate surface area is 201 Å². The molecule has 0 bridgehead atoms. The first-order valence-corrected chi connectivity index (χ1v) is 12.0. The van der Waals surface area contributed by atoms with Crippen LogP contribution in [0.25, 0.3) is 11.3 Å². The Morgan fingerprint density at radius 2 is 1.94 bits per heavy atom. The molecule has 4 heterocycles. The van der Waals surface area contributed by atoms with Gasteiger partial charge in [0.2, 0.25) is 5.95 Å². The standard InChI is InChI=1S/C23H23IN6S/c1-14-18(7-8-20(26-14)30-9-3-2-4-10-30)28-23-25-13-15-11-21(31)27-19-12-16(24)5-6-17(19)22(15)29-23/h5-8,12-13H,2-4,9-11H2,1H3,(H,27,31)(H,25,28,29). The van der Waals surface area contributed by atoms with Crippen molar-refractivity contribution in [1.82, 2.24) is 15.0 Å². The average Bonchev–Trinajstić information content (AvgIpc) is 2.90.